The standard InChI is InChI=1S/C29H22ClN3O/c30-27-17-8-7-13-24(27)21-34-26-16-9-10-22(18-26)20-31-29-19-28(23-11-3-1-4-12-23)32-33(29)25-14-5-2-6-15-25/h1-20H,21H2. The topological polar surface area (TPSA) is 39.4 Å². The molecule has 0 atom stereocenters. The van der Waals surface area contributed by atoms with Gasteiger partial charge in [0, 0.05) is 28.4 Å². The van der Waals surface area contributed by atoms with E-state index in [1.807, 2.05) is 126 Å². The first kappa shape index (κ1) is 21.7. The van der Waals surface area contributed by atoms with Gasteiger partial charge in [0.15, 0.2) is 5.82 Å². The lowest BCUT2D eigenvalue weighted by atomic mass is 10.2. The number of rotatable bonds is 7. The summed E-state index contributed by atoms with van der Waals surface area (Å²) in [7, 11) is 0. The van der Waals surface area contributed by atoms with Crippen molar-refractivity contribution in [3.8, 4) is 22.7 Å². The molecule has 5 aromatic rings. The Hall–Kier alpha value is -4.15. The summed E-state index contributed by atoms with van der Waals surface area (Å²) in [6.07, 6.45) is 1.83. The highest BCUT2D eigenvalue weighted by Crippen LogP contribution is 2.27. The number of aliphatic imine (C=N–C) groups is 1. The molecule has 5 rings (SSSR count). The first-order valence-corrected chi connectivity index (χ1v) is 11.4. The summed E-state index contributed by atoms with van der Waals surface area (Å²) in [5, 5.41) is 5.52. The second-order valence-corrected chi connectivity index (χ2v) is 8.12. The molecule has 0 aliphatic carbocycles. The minimum Gasteiger partial charge on any atom is -0.489 e. The molecule has 0 aliphatic rings. The van der Waals surface area contributed by atoms with Crippen LogP contribution in [0.4, 0.5) is 5.82 Å². The number of para-hydroxylation sites is 1. The highest BCUT2D eigenvalue weighted by molar-refractivity contribution is 6.31. The molecule has 0 saturated heterocycles. The van der Waals surface area contributed by atoms with E-state index < -0.39 is 0 Å². The van der Waals surface area contributed by atoms with Crippen molar-refractivity contribution in [1.82, 2.24) is 9.78 Å². The number of benzene rings is 4. The molecule has 0 saturated carbocycles. The third-order valence-corrected chi connectivity index (χ3v) is 5.69. The summed E-state index contributed by atoms with van der Waals surface area (Å²) in [5.41, 5.74) is 4.74. The summed E-state index contributed by atoms with van der Waals surface area (Å²) in [5.74, 6) is 1.50. The van der Waals surface area contributed by atoms with Gasteiger partial charge in [-0.15, -0.1) is 0 Å². The van der Waals surface area contributed by atoms with Crippen molar-refractivity contribution in [3.63, 3.8) is 0 Å². The Bertz CT molecular complexity index is 1410. The lowest BCUT2D eigenvalue weighted by molar-refractivity contribution is 0.306. The zero-order valence-electron chi connectivity index (χ0n) is 18.4. The van der Waals surface area contributed by atoms with Crippen LogP contribution >= 0.6 is 11.6 Å². The molecule has 34 heavy (non-hydrogen) atoms. The number of halogens is 1. The predicted octanol–water partition coefficient (Wildman–Crippen LogP) is 7.52. The van der Waals surface area contributed by atoms with Crippen LogP contribution < -0.4 is 4.74 Å². The number of aromatic nitrogens is 2. The highest BCUT2D eigenvalue weighted by Gasteiger charge is 2.10. The van der Waals surface area contributed by atoms with E-state index >= 15 is 0 Å². The average molecular weight is 464 g/mol. The molecule has 4 aromatic carbocycles. The first-order valence-electron chi connectivity index (χ1n) is 11.0. The van der Waals surface area contributed by atoms with E-state index in [2.05, 4.69) is 0 Å². The second-order valence-electron chi connectivity index (χ2n) is 7.71. The fourth-order valence-electron chi connectivity index (χ4n) is 3.57. The third kappa shape index (κ3) is 5.08. The van der Waals surface area contributed by atoms with Crippen LogP contribution in [0.25, 0.3) is 16.9 Å². The van der Waals surface area contributed by atoms with Gasteiger partial charge in [-0.05, 0) is 35.9 Å². The average Bonchev–Trinajstić information content (AvgIpc) is 3.33. The Balaban J connectivity index is 1.41. The van der Waals surface area contributed by atoms with Crippen molar-refractivity contribution in [2.45, 2.75) is 6.61 Å². The smallest absolute Gasteiger partial charge is 0.156 e. The monoisotopic (exact) mass is 463 g/mol. The van der Waals surface area contributed by atoms with Gasteiger partial charge >= 0.3 is 0 Å². The molecule has 0 aliphatic heterocycles. The maximum Gasteiger partial charge on any atom is 0.156 e. The SMILES string of the molecule is Clc1ccccc1COc1cccc(C=Nc2cc(-c3ccccc3)nn2-c2ccccc2)c1. The van der Waals surface area contributed by atoms with Crippen LogP contribution in [-0.4, -0.2) is 16.0 Å². The van der Waals surface area contributed by atoms with Gasteiger partial charge in [0.2, 0.25) is 0 Å². The lowest BCUT2D eigenvalue weighted by Gasteiger charge is -2.08. The van der Waals surface area contributed by atoms with E-state index in [1.165, 1.54) is 0 Å². The number of nitrogens with zero attached hydrogens (tertiary/aromatic N) is 3. The molecule has 166 valence electrons. The molecule has 5 heteroatoms. The van der Waals surface area contributed by atoms with E-state index in [1.54, 1.807) is 0 Å². The van der Waals surface area contributed by atoms with Crippen LogP contribution in [0.1, 0.15) is 11.1 Å². The van der Waals surface area contributed by atoms with E-state index in [-0.39, 0.29) is 0 Å². The maximum absolute atomic E-state index is 6.24. The maximum atomic E-state index is 6.24. The Labute approximate surface area is 203 Å². The minimum atomic E-state index is 0.404. The Kier molecular flexibility index (Phi) is 6.50. The summed E-state index contributed by atoms with van der Waals surface area (Å²) in [6.45, 7) is 0.404. The van der Waals surface area contributed by atoms with E-state index in [0.29, 0.717) is 11.6 Å². The molecule has 1 heterocycles. The Morgan fingerprint density at radius 3 is 2.32 bits per heavy atom. The van der Waals surface area contributed by atoms with Crippen LogP contribution in [0.5, 0.6) is 5.75 Å². The number of ether oxygens (including phenoxy) is 1. The molecule has 0 fully saturated rings. The van der Waals surface area contributed by atoms with E-state index in [4.69, 9.17) is 26.4 Å². The van der Waals surface area contributed by atoms with Crippen molar-refractivity contribution < 1.29 is 4.74 Å². The van der Waals surface area contributed by atoms with Gasteiger partial charge in [-0.25, -0.2) is 9.67 Å². The zero-order chi connectivity index (χ0) is 23.2. The first-order chi connectivity index (χ1) is 16.8. The number of hydrogen-bond donors (Lipinski definition) is 0. The predicted molar refractivity (Wildman–Crippen MR) is 138 cm³/mol. The molecule has 0 unspecified atom stereocenters. The van der Waals surface area contributed by atoms with E-state index in [0.717, 1.165) is 39.6 Å². The van der Waals surface area contributed by atoms with Crippen LogP contribution in [0.3, 0.4) is 0 Å². The Morgan fingerprint density at radius 2 is 1.53 bits per heavy atom. The molecule has 0 bridgehead atoms. The van der Waals surface area contributed by atoms with Crippen LogP contribution in [0.15, 0.2) is 120 Å². The van der Waals surface area contributed by atoms with Crippen LogP contribution in [0, 0.1) is 0 Å². The van der Waals surface area contributed by atoms with Gasteiger partial charge in [-0.2, -0.15) is 5.10 Å². The molecule has 4 nitrogen and oxygen atoms in total. The fraction of sp³-hybridized carbons (Fsp3) is 0.0345. The van der Waals surface area contributed by atoms with Crippen molar-refractivity contribution in [2.75, 3.05) is 0 Å². The van der Waals surface area contributed by atoms with Crippen molar-refractivity contribution in [3.05, 3.63) is 131 Å². The van der Waals surface area contributed by atoms with Gasteiger partial charge in [0.25, 0.3) is 0 Å². The summed E-state index contributed by atoms with van der Waals surface area (Å²) >= 11 is 6.24. The van der Waals surface area contributed by atoms with Crippen molar-refractivity contribution >= 4 is 23.6 Å². The molecule has 1 aromatic heterocycles. The molecule has 0 N–H and O–H groups in total. The fourth-order valence-corrected chi connectivity index (χ4v) is 3.76. The van der Waals surface area contributed by atoms with Gasteiger partial charge in [-0.1, -0.05) is 90.5 Å². The molecule has 0 amide bonds. The van der Waals surface area contributed by atoms with Crippen molar-refractivity contribution in [2.24, 2.45) is 4.99 Å². The molecular weight excluding hydrogens is 442 g/mol. The zero-order valence-corrected chi connectivity index (χ0v) is 19.1. The number of hydrogen-bond acceptors (Lipinski definition) is 3. The summed E-state index contributed by atoms with van der Waals surface area (Å²) < 4.78 is 7.81. The summed E-state index contributed by atoms with van der Waals surface area (Å²) in [4.78, 5) is 4.77. The summed E-state index contributed by atoms with van der Waals surface area (Å²) in [6, 6.07) is 37.6. The van der Waals surface area contributed by atoms with Crippen LogP contribution in [0.2, 0.25) is 5.02 Å². The van der Waals surface area contributed by atoms with Crippen LogP contribution in [-0.2, 0) is 6.61 Å². The molecular formula is C29H22ClN3O. The third-order valence-electron chi connectivity index (χ3n) is 5.32. The second kappa shape index (κ2) is 10.2. The van der Waals surface area contributed by atoms with Gasteiger partial charge in [-0.3, -0.25) is 0 Å². The lowest BCUT2D eigenvalue weighted by Crippen LogP contribution is -1.97. The van der Waals surface area contributed by atoms with Gasteiger partial charge < -0.3 is 4.74 Å². The van der Waals surface area contributed by atoms with Gasteiger partial charge in [0.1, 0.15) is 12.4 Å². The highest BCUT2D eigenvalue weighted by atomic mass is 35.5. The largest absolute Gasteiger partial charge is 0.489 e. The van der Waals surface area contributed by atoms with E-state index in [9.17, 15) is 0 Å². The van der Waals surface area contributed by atoms with Gasteiger partial charge in [0.05, 0.1) is 11.4 Å². The Morgan fingerprint density at radius 1 is 0.794 bits per heavy atom. The normalized spacial score (nSPS) is 11.1. The minimum absolute atomic E-state index is 0.404. The quantitative estimate of drug-likeness (QED) is 0.234. The van der Waals surface area contributed by atoms with Crippen molar-refractivity contribution in [1.29, 1.82) is 0 Å². The molecule has 0 spiro atoms. The molecule has 0 radical (unpaired) electrons.